The van der Waals surface area contributed by atoms with Crippen LogP contribution in [0.1, 0.15) is 11.1 Å². The van der Waals surface area contributed by atoms with Gasteiger partial charge < -0.3 is 4.90 Å². The van der Waals surface area contributed by atoms with Gasteiger partial charge in [-0.15, -0.1) is 5.10 Å². The molecule has 0 spiro atoms. The second kappa shape index (κ2) is 8.17. The minimum Gasteiger partial charge on any atom is -0.315 e. The molecular weight excluding hydrogens is 380 g/mol. The van der Waals surface area contributed by atoms with Crippen molar-refractivity contribution in [3.8, 4) is 5.69 Å². The minimum absolute atomic E-state index is 0.0215. The molecule has 0 N–H and O–H groups in total. The maximum atomic E-state index is 12.5. The molecule has 1 amide bonds. The number of anilines is 1. The zero-order valence-electron chi connectivity index (χ0n) is 15.6. The van der Waals surface area contributed by atoms with Crippen molar-refractivity contribution in [1.29, 1.82) is 0 Å². The van der Waals surface area contributed by atoms with Gasteiger partial charge in [-0.2, -0.15) is 4.68 Å². The first-order valence-corrected chi connectivity index (χ1v) is 9.36. The van der Waals surface area contributed by atoms with Crippen molar-refractivity contribution in [2.24, 2.45) is 0 Å². The molecule has 0 fully saturated rings. The number of aryl methyl sites for hydroxylation is 2. The van der Waals surface area contributed by atoms with Crippen LogP contribution in [0.3, 0.4) is 0 Å². The van der Waals surface area contributed by atoms with Gasteiger partial charge in [0.1, 0.15) is 0 Å². The minimum atomic E-state index is -0.477. The summed E-state index contributed by atoms with van der Waals surface area (Å²) < 4.78 is 1.63. The number of non-ortho nitro benzene ring substituents is 1. The Morgan fingerprint density at radius 3 is 2.43 bits per heavy atom. The fourth-order valence-electron chi connectivity index (χ4n) is 2.71. The third kappa shape index (κ3) is 4.01. The number of benzene rings is 2. The van der Waals surface area contributed by atoms with Gasteiger partial charge in [0.2, 0.25) is 11.1 Å². The number of thioether (sulfide) groups is 1. The van der Waals surface area contributed by atoms with E-state index in [1.807, 2.05) is 32.0 Å². The smallest absolute Gasteiger partial charge is 0.269 e. The van der Waals surface area contributed by atoms with Crippen LogP contribution in [0.4, 0.5) is 11.4 Å². The standard InChI is InChI=1S/C18H18N6O3S/c1-12-5-4-6-13(2)17(12)23-18(19-20-21-23)28-11-16(25)22(3)14-7-9-15(10-8-14)24(26)27/h4-10H,11H2,1-3H3. The largest absolute Gasteiger partial charge is 0.315 e. The van der Waals surface area contributed by atoms with Crippen LogP contribution in [0.2, 0.25) is 0 Å². The average molecular weight is 398 g/mol. The van der Waals surface area contributed by atoms with Crippen LogP contribution in [0.5, 0.6) is 0 Å². The van der Waals surface area contributed by atoms with E-state index in [1.54, 1.807) is 23.9 Å². The lowest BCUT2D eigenvalue weighted by molar-refractivity contribution is -0.384. The van der Waals surface area contributed by atoms with Crippen LogP contribution in [0.25, 0.3) is 5.69 Å². The summed E-state index contributed by atoms with van der Waals surface area (Å²) in [4.78, 5) is 24.3. The zero-order valence-corrected chi connectivity index (χ0v) is 16.4. The monoisotopic (exact) mass is 398 g/mol. The molecule has 0 bridgehead atoms. The van der Waals surface area contributed by atoms with E-state index in [0.717, 1.165) is 16.8 Å². The fourth-order valence-corrected chi connectivity index (χ4v) is 3.50. The summed E-state index contributed by atoms with van der Waals surface area (Å²) in [7, 11) is 1.62. The summed E-state index contributed by atoms with van der Waals surface area (Å²) in [6.07, 6.45) is 0. The van der Waals surface area contributed by atoms with E-state index in [9.17, 15) is 14.9 Å². The molecule has 10 heteroatoms. The number of nitro groups is 1. The molecule has 0 saturated heterocycles. The van der Waals surface area contributed by atoms with Gasteiger partial charge in [0.25, 0.3) is 5.69 Å². The lowest BCUT2D eigenvalue weighted by Crippen LogP contribution is -2.28. The Morgan fingerprint density at radius 1 is 1.18 bits per heavy atom. The molecule has 0 aliphatic carbocycles. The maximum Gasteiger partial charge on any atom is 0.269 e. The lowest BCUT2D eigenvalue weighted by Gasteiger charge is -2.17. The Hall–Kier alpha value is -3.27. The molecule has 2 aromatic carbocycles. The highest BCUT2D eigenvalue weighted by Gasteiger charge is 2.17. The van der Waals surface area contributed by atoms with Crippen LogP contribution in [0.15, 0.2) is 47.6 Å². The van der Waals surface area contributed by atoms with Crippen molar-refractivity contribution in [3.63, 3.8) is 0 Å². The van der Waals surface area contributed by atoms with Crippen LogP contribution >= 0.6 is 11.8 Å². The van der Waals surface area contributed by atoms with E-state index in [0.29, 0.717) is 10.8 Å². The number of aromatic nitrogens is 4. The predicted octanol–water partition coefficient (Wildman–Crippen LogP) is 2.94. The second-order valence-corrected chi connectivity index (χ2v) is 7.07. The third-order valence-corrected chi connectivity index (χ3v) is 5.14. The number of rotatable bonds is 6. The van der Waals surface area contributed by atoms with E-state index >= 15 is 0 Å². The molecule has 0 unspecified atom stereocenters. The molecule has 0 aliphatic rings. The quantitative estimate of drug-likeness (QED) is 0.357. The molecule has 1 heterocycles. The number of carbonyl (C=O) groups is 1. The summed E-state index contributed by atoms with van der Waals surface area (Å²) in [6.45, 7) is 3.96. The molecule has 3 rings (SSSR count). The lowest BCUT2D eigenvalue weighted by atomic mass is 10.1. The highest BCUT2D eigenvalue weighted by Crippen LogP contribution is 2.24. The first kappa shape index (κ1) is 19.5. The Bertz CT molecular complexity index is 998. The summed E-state index contributed by atoms with van der Waals surface area (Å²) in [5.74, 6) is -0.0476. The van der Waals surface area contributed by atoms with Crippen molar-refractivity contribution >= 4 is 29.0 Å². The molecule has 0 saturated carbocycles. The Morgan fingerprint density at radius 2 is 1.82 bits per heavy atom. The SMILES string of the molecule is Cc1cccc(C)c1-n1nnnc1SCC(=O)N(C)c1ccc([N+](=O)[O-])cc1. The first-order chi connectivity index (χ1) is 13.4. The topological polar surface area (TPSA) is 107 Å². The maximum absolute atomic E-state index is 12.5. The summed E-state index contributed by atoms with van der Waals surface area (Å²) in [5.41, 5.74) is 3.51. The number of carbonyl (C=O) groups excluding carboxylic acids is 1. The van der Waals surface area contributed by atoms with Gasteiger partial charge in [-0.1, -0.05) is 30.0 Å². The number of para-hydroxylation sites is 1. The highest BCUT2D eigenvalue weighted by atomic mass is 32.2. The number of nitro benzene ring substituents is 1. The van der Waals surface area contributed by atoms with E-state index in [-0.39, 0.29) is 17.3 Å². The number of amides is 1. The third-order valence-electron chi connectivity index (χ3n) is 4.24. The van der Waals surface area contributed by atoms with Gasteiger partial charge in [0, 0.05) is 24.9 Å². The molecule has 0 radical (unpaired) electrons. The van der Waals surface area contributed by atoms with Gasteiger partial charge in [-0.3, -0.25) is 14.9 Å². The number of hydrogen-bond donors (Lipinski definition) is 0. The molecular formula is C18H18N6O3S. The number of hydrogen-bond acceptors (Lipinski definition) is 7. The summed E-state index contributed by atoms with van der Waals surface area (Å²) in [6, 6.07) is 11.7. The molecule has 0 atom stereocenters. The van der Waals surface area contributed by atoms with Crippen molar-refractivity contribution in [3.05, 3.63) is 63.7 Å². The molecule has 28 heavy (non-hydrogen) atoms. The van der Waals surface area contributed by atoms with Crippen molar-refractivity contribution in [1.82, 2.24) is 20.2 Å². The Kier molecular flexibility index (Phi) is 5.69. The second-order valence-electron chi connectivity index (χ2n) is 6.13. The van der Waals surface area contributed by atoms with Crippen LogP contribution < -0.4 is 4.90 Å². The summed E-state index contributed by atoms with van der Waals surface area (Å²) >= 11 is 1.23. The van der Waals surface area contributed by atoms with E-state index in [2.05, 4.69) is 15.5 Å². The Labute approximate surface area is 165 Å². The molecule has 9 nitrogen and oxygen atoms in total. The van der Waals surface area contributed by atoms with E-state index in [1.165, 1.54) is 28.8 Å². The van der Waals surface area contributed by atoms with Gasteiger partial charge >= 0.3 is 0 Å². The van der Waals surface area contributed by atoms with E-state index < -0.39 is 4.92 Å². The van der Waals surface area contributed by atoms with Gasteiger partial charge in [-0.05, 0) is 47.5 Å². The van der Waals surface area contributed by atoms with Crippen LogP contribution in [0, 0.1) is 24.0 Å². The van der Waals surface area contributed by atoms with Crippen molar-refractivity contribution in [2.45, 2.75) is 19.0 Å². The average Bonchev–Trinajstić information content (AvgIpc) is 3.13. The number of nitrogens with zero attached hydrogens (tertiary/aromatic N) is 6. The summed E-state index contributed by atoms with van der Waals surface area (Å²) in [5, 5.41) is 23.1. The Balaban J connectivity index is 1.72. The zero-order chi connectivity index (χ0) is 20.3. The first-order valence-electron chi connectivity index (χ1n) is 8.37. The normalized spacial score (nSPS) is 10.7. The molecule has 144 valence electrons. The fraction of sp³-hybridized carbons (Fsp3) is 0.222. The molecule has 1 aromatic heterocycles. The highest BCUT2D eigenvalue weighted by molar-refractivity contribution is 7.99. The molecule has 3 aromatic rings. The number of tetrazole rings is 1. The molecule has 0 aliphatic heterocycles. The van der Waals surface area contributed by atoms with Crippen LogP contribution in [-0.4, -0.2) is 43.8 Å². The van der Waals surface area contributed by atoms with E-state index in [4.69, 9.17) is 0 Å². The van der Waals surface area contributed by atoms with Gasteiger partial charge in [0.15, 0.2) is 0 Å². The van der Waals surface area contributed by atoms with Crippen molar-refractivity contribution in [2.75, 3.05) is 17.7 Å². The van der Waals surface area contributed by atoms with Gasteiger partial charge in [-0.25, -0.2) is 0 Å². The van der Waals surface area contributed by atoms with Gasteiger partial charge in [0.05, 0.1) is 16.4 Å². The predicted molar refractivity (Wildman–Crippen MR) is 106 cm³/mol. The van der Waals surface area contributed by atoms with Crippen molar-refractivity contribution < 1.29 is 9.72 Å². The van der Waals surface area contributed by atoms with Crippen LogP contribution in [-0.2, 0) is 4.79 Å².